The van der Waals surface area contributed by atoms with Crippen molar-refractivity contribution in [1.29, 1.82) is 0 Å². The van der Waals surface area contributed by atoms with Gasteiger partial charge in [-0.25, -0.2) is 0 Å². The van der Waals surface area contributed by atoms with Gasteiger partial charge in [-0.1, -0.05) is 24.3 Å². The van der Waals surface area contributed by atoms with Crippen LogP contribution in [0.5, 0.6) is 0 Å². The summed E-state index contributed by atoms with van der Waals surface area (Å²) in [6, 6.07) is 13.6. The van der Waals surface area contributed by atoms with Crippen LogP contribution in [0.1, 0.15) is 27.0 Å². The van der Waals surface area contributed by atoms with Gasteiger partial charge in [-0.3, -0.25) is 4.79 Å². The zero-order valence-electron chi connectivity index (χ0n) is 11.9. The Bertz CT molecular complexity index is 620. The number of nitrogens with two attached hydrogens (primary N) is 1. The molecule has 0 aromatic heterocycles. The van der Waals surface area contributed by atoms with E-state index in [-0.39, 0.29) is 5.91 Å². The van der Waals surface area contributed by atoms with Crippen LogP contribution >= 0.6 is 0 Å². The van der Waals surface area contributed by atoms with E-state index in [4.69, 9.17) is 5.73 Å². The molecule has 0 radical (unpaired) electrons. The highest BCUT2D eigenvalue weighted by Crippen LogP contribution is 2.12. The Kier molecular flexibility index (Phi) is 4.41. The maximum atomic E-state index is 12.0. The van der Waals surface area contributed by atoms with Crippen molar-refractivity contribution < 1.29 is 4.79 Å². The number of nitrogens with one attached hydrogen (secondary N) is 1. The zero-order chi connectivity index (χ0) is 14.5. The Labute approximate surface area is 119 Å². The number of nitrogen functional groups attached to an aromatic ring is 1. The number of rotatable bonds is 4. The summed E-state index contributed by atoms with van der Waals surface area (Å²) in [7, 11) is 0. The molecule has 0 heterocycles. The van der Waals surface area contributed by atoms with E-state index < -0.39 is 0 Å². The molecule has 0 aliphatic heterocycles. The second kappa shape index (κ2) is 6.24. The predicted molar refractivity (Wildman–Crippen MR) is 82.8 cm³/mol. The average molecular weight is 268 g/mol. The summed E-state index contributed by atoms with van der Waals surface area (Å²) in [6.45, 7) is 4.62. The number of aryl methyl sites for hydroxylation is 2. The third-order valence-electron chi connectivity index (χ3n) is 3.47. The van der Waals surface area contributed by atoms with Gasteiger partial charge >= 0.3 is 0 Å². The van der Waals surface area contributed by atoms with Crippen molar-refractivity contribution in [1.82, 2.24) is 5.32 Å². The second-order valence-corrected chi connectivity index (χ2v) is 5.00. The van der Waals surface area contributed by atoms with E-state index in [9.17, 15) is 4.79 Å². The van der Waals surface area contributed by atoms with Crippen LogP contribution in [-0.4, -0.2) is 12.5 Å². The Morgan fingerprint density at radius 2 is 1.85 bits per heavy atom. The van der Waals surface area contributed by atoms with Crippen LogP contribution in [0.3, 0.4) is 0 Å². The number of anilines is 1. The molecule has 2 rings (SSSR count). The summed E-state index contributed by atoms with van der Waals surface area (Å²) >= 11 is 0. The molecule has 0 unspecified atom stereocenters. The summed E-state index contributed by atoms with van der Waals surface area (Å²) in [5, 5.41) is 2.94. The Hall–Kier alpha value is -2.29. The number of carbonyl (C=O) groups excluding carboxylic acids is 1. The van der Waals surface area contributed by atoms with Gasteiger partial charge in [-0.05, 0) is 55.2 Å². The van der Waals surface area contributed by atoms with Crippen LogP contribution in [0.25, 0.3) is 0 Å². The lowest BCUT2D eigenvalue weighted by Crippen LogP contribution is -2.25. The lowest BCUT2D eigenvalue weighted by Gasteiger charge is -2.08. The molecule has 0 fully saturated rings. The van der Waals surface area contributed by atoms with Gasteiger partial charge in [0, 0.05) is 17.8 Å². The molecule has 3 nitrogen and oxygen atoms in total. The summed E-state index contributed by atoms with van der Waals surface area (Å²) in [5.74, 6) is -0.0540. The molecule has 0 atom stereocenters. The van der Waals surface area contributed by atoms with Crippen LogP contribution in [0.2, 0.25) is 0 Å². The largest absolute Gasteiger partial charge is 0.399 e. The Morgan fingerprint density at radius 1 is 1.10 bits per heavy atom. The number of hydrogen-bond acceptors (Lipinski definition) is 2. The van der Waals surface area contributed by atoms with Gasteiger partial charge in [-0.15, -0.1) is 0 Å². The van der Waals surface area contributed by atoms with Crippen LogP contribution in [0, 0.1) is 13.8 Å². The van der Waals surface area contributed by atoms with Gasteiger partial charge in [0.25, 0.3) is 5.91 Å². The normalized spacial score (nSPS) is 10.3. The third kappa shape index (κ3) is 3.38. The summed E-state index contributed by atoms with van der Waals surface area (Å²) in [4.78, 5) is 12.0. The van der Waals surface area contributed by atoms with Crippen LogP contribution in [0.15, 0.2) is 42.5 Å². The summed E-state index contributed by atoms with van der Waals surface area (Å²) in [5.41, 5.74) is 10.6. The molecule has 0 bridgehead atoms. The quantitative estimate of drug-likeness (QED) is 0.838. The SMILES string of the molecule is Cc1cc(C(=O)NCCc2ccccc2C)ccc1N. The number of amides is 1. The van der Waals surface area contributed by atoms with Gasteiger partial charge in [0.2, 0.25) is 0 Å². The van der Waals surface area contributed by atoms with Crippen molar-refractivity contribution in [2.75, 3.05) is 12.3 Å². The van der Waals surface area contributed by atoms with E-state index >= 15 is 0 Å². The maximum absolute atomic E-state index is 12.0. The molecule has 3 N–H and O–H groups in total. The van der Waals surface area contributed by atoms with Crippen molar-refractivity contribution in [2.24, 2.45) is 0 Å². The first-order valence-corrected chi connectivity index (χ1v) is 6.77. The standard InChI is InChI=1S/C17H20N2O/c1-12-5-3-4-6-14(12)9-10-19-17(20)15-7-8-16(18)13(2)11-15/h3-8,11H,9-10,18H2,1-2H3,(H,19,20). The molecule has 2 aromatic carbocycles. The first kappa shape index (κ1) is 14.1. The molecular formula is C17H20N2O. The first-order valence-electron chi connectivity index (χ1n) is 6.77. The van der Waals surface area contributed by atoms with E-state index in [0.29, 0.717) is 17.8 Å². The predicted octanol–water partition coefficient (Wildman–Crippen LogP) is 2.86. The summed E-state index contributed by atoms with van der Waals surface area (Å²) in [6.07, 6.45) is 0.840. The summed E-state index contributed by atoms with van der Waals surface area (Å²) < 4.78 is 0. The minimum atomic E-state index is -0.0540. The number of hydrogen-bond donors (Lipinski definition) is 2. The van der Waals surface area contributed by atoms with Crippen molar-refractivity contribution >= 4 is 11.6 Å². The smallest absolute Gasteiger partial charge is 0.251 e. The first-order chi connectivity index (χ1) is 9.58. The molecule has 2 aromatic rings. The molecule has 0 saturated carbocycles. The minimum Gasteiger partial charge on any atom is -0.399 e. The van der Waals surface area contributed by atoms with Crippen LogP contribution < -0.4 is 11.1 Å². The molecule has 20 heavy (non-hydrogen) atoms. The molecule has 3 heteroatoms. The van der Waals surface area contributed by atoms with E-state index in [1.807, 2.05) is 25.1 Å². The zero-order valence-corrected chi connectivity index (χ0v) is 11.9. The van der Waals surface area contributed by atoms with E-state index in [1.165, 1.54) is 11.1 Å². The van der Waals surface area contributed by atoms with Gasteiger partial charge in [0.05, 0.1) is 0 Å². The Morgan fingerprint density at radius 3 is 2.55 bits per heavy atom. The molecule has 104 valence electrons. The third-order valence-corrected chi connectivity index (χ3v) is 3.47. The highest BCUT2D eigenvalue weighted by Gasteiger charge is 2.06. The van der Waals surface area contributed by atoms with Gasteiger partial charge in [0.1, 0.15) is 0 Å². The topological polar surface area (TPSA) is 55.1 Å². The monoisotopic (exact) mass is 268 g/mol. The van der Waals surface area contributed by atoms with E-state index in [1.54, 1.807) is 12.1 Å². The van der Waals surface area contributed by atoms with Gasteiger partial charge in [-0.2, -0.15) is 0 Å². The van der Waals surface area contributed by atoms with Crippen molar-refractivity contribution in [3.05, 3.63) is 64.7 Å². The van der Waals surface area contributed by atoms with Crippen LogP contribution in [0.4, 0.5) is 5.69 Å². The second-order valence-electron chi connectivity index (χ2n) is 5.00. The molecule has 0 spiro atoms. The fourth-order valence-electron chi connectivity index (χ4n) is 2.12. The highest BCUT2D eigenvalue weighted by molar-refractivity contribution is 5.94. The molecule has 0 aliphatic carbocycles. The van der Waals surface area contributed by atoms with Gasteiger partial charge < -0.3 is 11.1 Å². The molecule has 0 aliphatic rings. The van der Waals surface area contributed by atoms with Crippen molar-refractivity contribution in [3.8, 4) is 0 Å². The minimum absolute atomic E-state index is 0.0540. The molecule has 1 amide bonds. The average Bonchev–Trinajstić information content (AvgIpc) is 2.44. The maximum Gasteiger partial charge on any atom is 0.251 e. The highest BCUT2D eigenvalue weighted by atomic mass is 16.1. The lowest BCUT2D eigenvalue weighted by molar-refractivity contribution is 0.0954. The van der Waals surface area contributed by atoms with Crippen molar-refractivity contribution in [2.45, 2.75) is 20.3 Å². The Balaban J connectivity index is 1.92. The van der Waals surface area contributed by atoms with Crippen molar-refractivity contribution in [3.63, 3.8) is 0 Å². The van der Waals surface area contributed by atoms with E-state index in [0.717, 1.165) is 12.0 Å². The fraction of sp³-hybridized carbons (Fsp3) is 0.235. The number of carbonyl (C=O) groups is 1. The fourth-order valence-corrected chi connectivity index (χ4v) is 2.12. The van der Waals surface area contributed by atoms with Gasteiger partial charge in [0.15, 0.2) is 0 Å². The lowest BCUT2D eigenvalue weighted by atomic mass is 10.1. The number of benzene rings is 2. The molecular weight excluding hydrogens is 248 g/mol. The van der Waals surface area contributed by atoms with Crippen LogP contribution in [-0.2, 0) is 6.42 Å². The molecule has 0 saturated heterocycles. The van der Waals surface area contributed by atoms with E-state index in [2.05, 4.69) is 24.4 Å².